The third-order valence-corrected chi connectivity index (χ3v) is 7.91. The number of hydrogen-bond donors (Lipinski definition) is 3. The van der Waals surface area contributed by atoms with Crippen LogP contribution >= 0.6 is 11.3 Å². The molecule has 0 atom stereocenters. The number of carbonyl (C=O) groups is 3. The molecule has 40 heavy (non-hydrogen) atoms. The Morgan fingerprint density at radius 2 is 1.82 bits per heavy atom. The average Bonchev–Trinajstić information content (AvgIpc) is 3.37. The number of amides is 3. The van der Waals surface area contributed by atoms with E-state index in [9.17, 15) is 23.2 Å². The number of halogens is 2. The van der Waals surface area contributed by atoms with Gasteiger partial charge in [-0.05, 0) is 71.1 Å². The summed E-state index contributed by atoms with van der Waals surface area (Å²) in [6.07, 6.45) is 5.12. The van der Waals surface area contributed by atoms with Crippen molar-refractivity contribution < 1.29 is 27.9 Å². The van der Waals surface area contributed by atoms with Gasteiger partial charge < -0.3 is 15.4 Å². The van der Waals surface area contributed by atoms with Crippen molar-refractivity contribution in [2.75, 3.05) is 7.05 Å². The summed E-state index contributed by atoms with van der Waals surface area (Å²) in [7, 11) is 1.52. The SMILES string of the molecule is CC/C=C(/NC(=O)C1CCCCC1)N(/C(=N\C)NC(=O)c1ccc(C(F)F)s1)[C@H]1C[C@@H](NC(=O)OC(C)(C)C)C1. The van der Waals surface area contributed by atoms with Crippen LogP contribution in [0.3, 0.4) is 0 Å². The molecule has 0 spiro atoms. The number of alkyl halides is 2. The quantitative estimate of drug-likeness (QED) is 0.269. The van der Waals surface area contributed by atoms with Crippen LogP contribution in [0.1, 0.15) is 100 Å². The van der Waals surface area contributed by atoms with E-state index in [2.05, 4.69) is 20.9 Å². The number of carbonyl (C=O) groups excluding carboxylic acids is 3. The maximum absolute atomic E-state index is 13.2. The molecule has 3 amide bonds. The Morgan fingerprint density at radius 3 is 2.38 bits per heavy atom. The Morgan fingerprint density at radius 1 is 1.15 bits per heavy atom. The molecule has 1 aromatic heterocycles. The summed E-state index contributed by atoms with van der Waals surface area (Å²) in [5.74, 6) is -0.0525. The van der Waals surface area contributed by atoms with E-state index < -0.39 is 24.0 Å². The smallest absolute Gasteiger partial charge is 0.407 e. The fraction of sp³-hybridized carbons (Fsp3) is 0.643. The summed E-state index contributed by atoms with van der Waals surface area (Å²) in [5, 5.41) is 8.71. The van der Waals surface area contributed by atoms with E-state index in [1.165, 1.54) is 19.2 Å². The number of rotatable bonds is 8. The first-order valence-corrected chi connectivity index (χ1v) is 14.7. The normalized spacial score (nSPS) is 20.5. The fourth-order valence-electron chi connectivity index (χ4n) is 4.85. The van der Waals surface area contributed by atoms with Crippen LogP contribution in [0.4, 0.5) is 13.6 Å². The minimum Gasteiger partial charge on any atom is -0.444 e. The standard InChI is InChI=1S/C28H41F2N5O4S/c1-6-10-22(33-24(36)17-11-8-7-9-12-17)35(19-15-18(16-19)32-27(38)39-28(2,3)4)26(31-5)34-25(37)21-14-13-20(40-21)23(29)30/h10,13-14,17-19,23H,6-9,11-12,15-16H2,1-5H3,(H,32,38)(H,33,36)(H,31,34,37)/b22-10-/t18-,19+. The van der Waals surface area contributed by atoms with Crippen LogP contribution < -0.4 is 16.0 Å². The Bertz CT molecular complexity index is 1100. The molecule has 0 aromatic carbocycles. The lowest BCUT2D eigenvalue weighted by atomic mass is 9.85. The monoisotopic (exact) mass is 581 g/mol. The van der Waals surface area contributed by atoms with Crippen LogP contribution in [0, 0.1) is 5.92 Å². The second-order valence-electron chi connectivity index (χ2n) is 11.2. The van der Waals surface area contributed by atoms with Crippen molar-refractivity contribution in [2.45, 2.75) is 103 Å². The van der Waals surface area contributed by atoms with E-state index >= 15 is 0 Å². The lowest BCUT2D eigenvalue weighted by Crippen LogP contribution is -2.60. The topological polar surface area (TPSA) is 112 Å². The second-order valence-corrected chi connectivity index (χ2v) is 12.3. The molecule has 3 N–H and O–H groups in total. The van der Waals surface area contributed by atoms with Crippen LogP contribution in [0.15, 0.2) is 29.0 Å². The van der Waals surface area contributed by atoms with Gasteiger partial charge in [-0.1, -0.05) is 26.2 Å². The van der Waals surface area contributed by atoms with Crippen molar-refractivity contribution in [2.24, 2.45) is 10.9 Å². The number of nitrogens with one attached hydrogen (secondary N) is 3. The predicted molar refractivity (Wildman–Crippen MR) is 151 cm³/mol. The zero-order valence-electron chi connectivity index (χ0n) is 23.9. The Labute approximate surface area is 238 Å². The summed E-state index contributed by atoms with van der Waals surface area (Å²) in [6.45, 7) is 7.31. The minimum atomic E-state index is -2.67. The average molecular weight is 582 g/mol. The predicted octanol–water partition coefficient (Wildman–Crippen LogP) is 5.71. The van der Waals surface area contributed by atoms with Gasteiger partial charge in [-0.3, -0.25) is 24.8 Å². The summed E-state index contributed by atoms with van der Waals surface area (Å²) in [4.78, 5) is 44.6. The second kappa shape index (κ2) is 14.0. The molecule has 0 saturated heterocycles. The third kappa shape index (κ3) is 8.74. The van der Waals surface area contributed by atoms with E-state index in [-0.39, 0.29) is 39.6 Å². The Hall–Kier alpha value is -3.02. The molecule has 3 rings (SSSR count). The molecule has 2 saturated carbocycles. The fourth-order valence-corrected chi connectivity index (χ4v) is 5.61. The van der Waals surface area contributed by atoms with E-state index in [4.69, 9.17) is 4.74 Å². The number of guanidine groups is 1. The number of thiophene rings is 1. The van der Waals surface area contributed by atoms with E-state index in [0.29, 0.717) is 25.1 Å². The molecule has 1 heterocycles. The number of aliphatic imine (C=N–C) groups is 1. The van der Waals surface area contributed by atoms with Crippen molar-refractivity contribution in [1.29, 1.82) is 0 Å². The van der Waals surface area contributed by atoms with Gasteiger partial charge in [0.15, 0.2) is 0 Å². The van der Waals surface area contributed by atoms with Crippen molar-refractivity contribution in [3.8, 4) is 0 Å². The first kappa shape index (κ1) is 31.5. The molecule has 12 heteroatoms. The van der Waals surface area contributed by atoms with Gasteiger partial charge in [-0.25, -0.2) is 13.6 Å². The first-order chi connectivity index (χ1) is 18.9. The minimum absolute atomic E-state index is 0.0752. The maximum atomic E-state index is 13.2. The van der Waals surface area contributed by atoms with Gasteiger partial charge in [0.05, 0.1) is 9.75 Å². The van der Waals surface area contributed by atoms with Gasteiger partial charge in [-0.15, -0.1) is 11.3 Å². The summed E-state index contributed by atoms with van der Waals surface area (Å²) < 4.78 is 31.6. The summed E-state index contributed by atoms with van der Waals surface area (Å²) >= 11 is 0.720. The van der Waals surface area contributed by atoms with Crippen molar-refractivity contribution >= 4 is 35.2 Å². The van der Waals surface area contributed by atoms with Crippen LogP contribution in [-0.4, -0.2) is 53.5 Å². The molecule has 0 bridgehead atoms. The van der Waals surface area contributed by atoms with E-state index in [0.717, 1.165) is 43.4 Å². The molecule has 222 valence electrons. The highest BCUT2D eigenvalue weighted by atomic mass is 32.1. The maximum Gasteiger partial charge on any atom is 0.407 e. The van der Waals surface area contributed by atoms with Crippen LogP contribution in [-0.2, 0) is 9.53 Å². The Kier molecular flexibility index (Phi) is 11.1. The number of hydrogen-bond acceptors (Lipinski definition) is 6. The van der Waals surface area contributed by atoms with Gasteiger partial charge in [0.25, 0.3) is 12.3 Å². The van der Waals surface area contributed by atoms with Crippen LogP contribution in [0.2, 0.25) is 0 Å². The molecular formula is C28H41F2N5O4S. The molecule has 2 fully saturated rings. The van der Waals surface area contributed by atoms with Gasteiger partial charge in [0, 0.05) is 25.0 Å². The van der Waals surface area contributed by atoms with Gasteiger partial charge in [0.2, 0.25) is 11.9 Å². The van der Waals surface area contributed by atoms with E-state index in [1.807, 2.05) is 13.0 Å². The van der Waals surface area contributed by atoms with Crippen LogP contribution in [0.25, 0.3) is 0 Å². The summed E-state index contributed by atoms with van der Waals surface area (Å²) in [6, 6.07) is 2.22. The highest BCUT2D eigenvalue weighted by molar-refractivity contribution is 7.14. The van der Waals surface area contributed by atoms with Crippen molar-refractivity contribution in [3.63, 3.8) is 0 Å². The third-order valence-electron chi connectivity index (χ3n) is 6.81. The summed E-state index contributed by atoms with van der Waals surface area (Å²) in [5.41, 5.74) is -0.627. The number of allylic oxidation sites excluding steroid dienone is 1. The zero-order chi connectivity index (χ0) is 29.4. The number of nitrogens with zero attached hydrogens (tertiary/aromatic N) is 2. The number of ether oxygens (including phenoxy) is 1. The van der Waals surface area contributed by atoms with Crippen molar-refractivity contribution in [1.82, 2.24) is 20.9 Å². The lowest BCUT2D eigenvalue weighted by Gasteiger charge is -2.45. The molecule has 2 aliphatic carbocycles. The lowest BCUT2D eigenvalue weighted by molar-refractivity contribution is -0.125. The van der Waals surface area contributed by atoms with Gasteiger partial charge in [-0.2, -0.15) is 0 Å². The van der Waals surface area contributed by atoms with Gasteiger partial charge >= 0.3 is 6.09 Å². The molecule has 1 aromatic rings. The highest BCUT2D eigenvalue weighted by Gasteiger charge is 2.39. The largest absolute Gasteiger partial charge is 0.444 e. The highest BCUT2D eigenvalue weighted by Crippen LogP contribution is 2.31. The Balaban J connectivity index is 1.81. The van der Waals surface area contributed by atoms with Crippen molar-refractivity contribution in [3.05, 3.63) is 33.8 Å². The molecular weight excluding hydrogens is 540 g/mol. The van der Waals surface area contributed by atoms with Gasteiger partial charge in [0.1, 0.15) is 11.4 Å². The van der Waals surface area contributed by atoms with Crippen LogP contribution in [0.5, 0.6) is 0 Å². The number of alkyl carbamates (subject to hydrolysis) is 1. The van der Waals surface area contributed by atoms with E-state index in [1.54, 1.807) is 25.7 Å². The molecule has 0 unspecified atom stereocenters. The molecule has 2 aliphatic rings. The zero-order valence-corrected chi connectivity index (χ0v) is 24.7. The molecule has 0 radical (unpaired) electrons. The molecule has 0 aliphatic heterocycles. The first-order valence-electron chi connectivity index (χ1n) is 13.9. The molecule has 9 nitrogen and oxygen atoms in total.